The van der Waals surface area contributed by atoms with Crippen LogP contribution in [0.15, 0.2) is 12.3 Å². The quantitative estimate of drug-likeness (QED) is 0.839. The molecule has 0 bridgehead atoms. The second kappa shape index (κ2) is 6.11. The molecule has 2 rings (SSSR count). The largest absolute Gasteiger partial charge is 0.299 e. The van der Waals surface area contributed by atoms with Gasteiger partial charge in [0.05, 0.1) is 0 Å². The van der Waals surface area contributed by atoms with E-state index < -0.39 is 0 Å². The molecule has 1 saturated carbocycles. The van der Waals surface area contributed by atoms with Crippen molar-refractivity contribution in [2.75, 3.05) is 0 Å². The van der Waals surface area contributed by atoms with Gasteiger partial charge in [0, 0.05) is 31.3 Å². The maximum atomic E-state index is 12.3. The molecule has 0 unspecified atom stereocenters. The van der Waals surface area contributed by atoms with Gasteiger partial charge in [-0.05, 0) is 49.5 Å². The van der Waals surface area contributed by atoms with Crippen LogP contribution in [0.1, 0.15) is 58.6 Å². The molecule has 0 amide bonds. The SMILES string of the molecule is Cn1nccc1CCC(=O)C1CCC(C(C)(C)C)CC1. The highest BCUT2D eigenvalue weighted by atomic mass is 16.1. The number of hydrogen-bond donors (Lipinski definition) is 0. The Morgan fingerprint density at radius 3 is 2.45 bits per heavy atom. The zero-order valence-electron chi connectivity index (χ0n) is 13.4. The highest BCUT2D eigenvalue weighted by Gasteiger charge is 2.31. The molecule has 0 saturated heterocycles. The molecule has 0 radical (unpaired) electrons. The molecular weight excluding hydrogens is 248 g/mol. The summed E-state index contributed by atoms with van der Waals surface area (Å²) in [6, 6.07) is 2.00. The maximum Gasteiger partial charge on any atom is 0.136 e. The van der Waals surface area contributed by atoms with Gasteiger partial charge in [-0.2, -0.15) is 5.10 Å². The highest BCUT2D eigenvalue weighted by molar-refractivity contribution is 5.81. The van der Waals surface area contributed by atoms with Crippen LogP contribution in [0.25, 0.3) is 0 Å². The third kappa shape index (κ3) is 3.71. The zero-order valence-corrected chi connectivity index (χ0v) is 13.4. The van der Waals surface area contributed by atoms with Gasteiger partial charge in [-0.25, -0.2) is 0 Å². The third-order valence-corrected chi connectivity index (χ3v) is 4.96. The number of carbonyl (C=O) groups excluding carboxylic acids is 1. The van der Waals surface area contributed by atoms with E-state index in [1.807, 2.05) is 17.8 Å². The molecule has 0 spiro atoms. The Morgan fingerprint density at radius 1 is 1.30 bits per heavy atom. The van der Waals surface area contributed by atoms with Crippen LogP contribution in [0, 0.1) is 17.3 Å². The van der Waals surface area contributed by atoms with Crippen molar-refractivity contribution in [2.45, 2.75) is 59.3 Å². The number of ketones is 1. The van der Waals surface area contributed by atoms with Crippen LogP contribution >= 0.6 is 0 Å². The normalized spacial score (nSPS) is 23.8. The fourth-order valence-corrected chi connectivity index (χ4v) is 3.38. The summed E-state index contributed by atoms with van der Waals surface area (Å²) in [5.41, 5.74) is 1.55. The van der Waals surface area contributed by atoms with Crippen LogP contribution < -0.4 is 0 Å². The lowest BCUT2D eigenvalue weighted by Gasteiger charge is -2.36. The number of nitrogens with zero attached hydrogens (tertiary/aromatic N) is 2. The van der Waals surface area contributed by atoms with Gasteiger partial charge in [0.2, 0.25) is 0 Å². The minimum atomic E-state index is 0.307. The Bertz CT molecular complexity index is 448. The van der Waals surface area contributed by atoms with Gasteiger partial charge in [0.25, 0.3) is 0 Å². The molecule has 112 valence electrons. The van der Waals surface area contributed by atoms with E-state index in [1.54, 1.807) is 6.20 Å². The molecule has 20 heavy (non-hydrogen) atoms. The van der Waals surface area contributed by atoms with E-state index in [2.05, 4.69) is 25.9 Å². The minimum absolute atomic E-state index is 0.307. The fraction of sp³-hybridized carbons (Fsp3) is 0.765. The number of aromatic nitrogens is 2. The van der Waals surface area contributed by atoms with Crippen LogP contribution in [0.2, 0.25) is 0 Å². The van der Waals surface area contributed by atoms with Gasteiger partial charge in [-0.15, -0.1) is 0 Å². The van der Waals surface area contributed by atoms with E-state index in [4.69, 9.17) is 0 Å². The summed E-state index contributed by atoms with van der Waals surface area (Å²) in [5, 5.41) is 4.15. The average Bonchev–Trinajstić information content (AvgIpc) is 2.81. The number of rotatable bonds is 4. The molecule has 0 aromatic carbocycles. The predicted octanol–water partition coefficient (Wildman–Crippen LogP) is 3.77. The first-order valence-electron chi connectivity index (χ1n) is 7.87. The number of hydrogen-bond acceptors (Lipinski definition) is 2. The van der Waals surface area contributed by atoms with Crippen molar-refractivity contribution in [2.24, 2.45) is 24.3 Å². The summed E-state index contributed by atoms with van der Waals surface area (Å²) in [7, 11) is 1.94. The van der Waals surface area contributed by atoms with Crippen LogP contribution in [0.3, 0.4) is 0 Å². The summed E-state index contributed by atoms with van der Waals surface area (Å²) in [5.74, 6) is 1.55. The molecule has 0 aliphatic heterocycles. The van der Waals surface area contributed by atoms with Crippen LogP contribution in [-0.2, 0) is 18.3 Å². The second-order valence-electron chi connectivity index (χ2n) is 7.33. The standard InChI is InChI=1S/C17H28N2O/c1-17(2,3)14-7-5-13(6-8-14)16(20)10-9-15-11-12-18-19(15)4/h11-14H,5-10H2,1-4H3. The monoisotopic (exact) mass is 276 g/mol. The lowest BCUT2D eigenvalue weighted by Crippen LogP contribution is -2.29. The van der Waals surface area contributed by atoms with Gasteiger partial charge in [0.1, 0.15) is 5.78 Å². The molecule has 1 aromatic heterocycles. The molecule has 1 aliphatic carbocycles. The van der Waals surface area contributed by atoms with Gasteiger partial charge in [0.15, 0.2) is 0 Å². The first kappa shape index (κ1) is 15.3. The Kier molecular flexibility index (Phi) is 4.66. The number of Topliss-reactive ketones (excluding diaryl/α,β-unsaturated/α-hetero) is 1. The highest BCUT2D eigenvalue weighted by Crippen LogP contribution is 2.40. The molecule has 3 nitrogen and oxygen atoms in total. The summed E-state index contributed by atoms with van der Waals surface area (Å²) in [6.45, 7) is 6.96. The van der Waals surface area contributed by atoms with Crippen molar-refractivity contribution in [3.63, 3.8) is 0 Å². The summed E-state index contributed by atoms with van der Waals surface area (Å²) in [4.78, 5) is 12.3. The van der Waals surface area contributed by atoms with Crippen LogP contribution in [-0.4, -0.2) is 15.6 Å². The van der Waals surface area contributed by atoms with Crippen molar-refractivity contribution in [3.8, 4) is 0 Å². The lowest BCUT2D eigenvalue weighted by atomic mass is 9.69. The number of aryl methyl sites for hydroxylation is 2. The molecule has 1 aliphatic rings. The molecule has 3 heteroatoms. The van der Waals surface area contributed by atoms with E-state index in [-0.39, 0.29) is 0 Å². The average molecular weight is 276 g/mol. The summed E-state index contributed by atoms with van der Waals surface area (Å²) < 4.78 is 1.86. The van der Waals surface area contributed by atoms with Crippen molar-refractivity contribution in [3.05, 3.63) is 18.0 Å². The Labute approximate surface area is 122 Å². The maximum absolute atomic E-state index is 12.3. The van der Waals surface area contributed by atoms with E-state index >= 15 is 0 Å². The van der Waals surface area contributed by atoms with E-state index in [0.717, 1.165) is 30.9 Å². The minimum Gasteiger partial charge on any atom is -0.299 e. The van der Waals surface area contributed by atoms with Crippen molar-refractivity contribution in [1.82, 2.24) is 9.78 Å². The zero-order chi connectivity index (χ0) is 14.8. The first-order chi connectivity index (χ1) is 9.38. The van der Waals surface area contributed by atoms with E-state index in [1.165, 1.54) is 12.8 Å². The molecule has 0 atom stereocenters. The third-order valence-electron chi connectivity index (χ3n) is 4.96. The second-order valence-corrected chi connectivity index (χ2v) is 7.33. The van der Waals surface area contributed by atoms with Gasteiger partial charge in [-0.1, -0.05) is 20.8 Å². The molecule has 1 aromatic rings. The topological polar surface area (TPSA) is 34.9 Å². The first-order valence-corrected chi connectivity index (χ1v) is 7.87. The molecule has 1 fully saturated rings. The fourth-order valence-electron chi connectivity index (χ4n) is 3.38. The smallest absolute Gasteiger partial charge is 0.136 e. The van der Waals surface area contributed by atoms with Gasteiger partial charge in [-0.3, -0.25) is 9.48 Å². The summed E-state index contributed by atoms with van der Waals surface area (Å²) >= 11 is 0. The van der Waals surface area contributed by atoms with E-state index in [0.29, 0.717) is 23.5 Å². The van der Waals surface area contributed by atoms with E-state index in [9.17, 15) is 4.79 Å². The number of carbonyl (C=O) groups is 1. The van der Waals surface area contributed by atoms with Crippen LogP contribution in [0.4, 0.5) is 0 Å². The molecule has 1 heterocycles. The molecular formula is C17H28N2O. The van der Waals surface area contributed by atoms with Crippen molar-refractivity contribution in [1.29, 1.82) is 0 Å². The molecule has 0 N–H and O–H groups in total. The van der Waals surface area contributed by atoms with Crippen molar-refractivity contribution < 1.29 is 4.79 Å². The lowest BCUT2D eigenvalue weighted by molar-refractivity contribution is -0.124. The van der Waals surface area contributed by atoms with Crippen LogP contribution in [0.5, 0.6) is 0 Å². The van der Waals surface area contributed by atoms with Gasteiger partial charge < -0.3 is 0 Å². The Balaban J connectivity index is 1.79. The van der Waals surface area contributed by atoms with Gasteiger partial charge >= 0.3 is 0 Å². The Morgan fingerprint density at radius 2 is 1.95 bits per heavy atom. The predicted molar refractivity (Wildman–Crippen MR) is 81.4 cm³/mol. The van der Waals surface area contributed by atoms with Crippen molar-refractivity contribution >= 4 is 5.78 Å². The Hall–Kier alpha value is -1.12. The summed E-state index contributed by atoms with van der Waals surface area (Å²) in [6.07, 6.45) is 7.91.